The predicted octanol–water partition coefficient (Wildman–Crippen LogP) is -2.08. The molecule has 1 aliphatic rings. The number of anilines is 1. The van der Waals surface area contributed by atoms with Crippen LogP contribution in [0.1, 0.15) is 0 Å². The molecule has 5 N–H and O–H groups in total. The Labute approximate surface area is 103 Å². The lowest BCUT2D eigenvalue weighted by atomic mass is 10.1. The number of aromatic nitrogens is 2. The van der Waals surface area contributed by atoms with E-state index in [9.17, 15) is 10.2 Å². The number of hydrogen-bond acceptors (Lipinski definition) is 8. The minimum atomic E-state index is -1.13. The molecule has 1 aromatic heterocycles. The molecule has 2 heterocycles. The highest BCUT2D eigenvalue weighted by atomic mass is 16.6. The summed E-state index contributed by atoms with van der Waals surface area (Å²) in [5.41, 5.74) is 5.38. The molecule has 1 fully saturated rings. The first-order valence-corrected chi connectivity index (χ1v) is 5.45. The molecule has 0 saturated carbocycles. The number of nitrogens with two attached hydrogens (primary N) is 1. The van der Waals surface area contributed by atoms with E-state index in [1.54, 1.807) is 0 Å². The molecule has 8 nitrogen and oxygen atoms in total. The van der Waals surface area contributed by atoms with Gasteiger partial charge in [0.2, 0.25) is 11.8 Å². The second-order valence-corrected chi connectivity index (χ2v) is 3.94. The smallest absolute Gasteiger partial charge is 0.223 e. The van der Waals surface area contributed by atoms with Crippen LogP contribution in [-0.4, -0.2) is 62.9 Å². The maximum atomic E-state index is 9.67. The van der Waals surface area contributed by atoms with Gasteiger partial charge in [0.15, 0.2) is 0 Å². The summed E-state index contributed by atoms with van der Waals surface area (Å²) in [6.45, 7) is -0.375. The first-order chi connectivity index (χ1) is 8.61. The number of nitrogen functional groups attached to an aromatic ring is 1. The maximum absolute atomic E-state index is 9.67. The van der Waals surface area contributed by atoms with Crippen LogP contribution in [0.3, 0.4) is 0 Å². The van der Waals surface area contributed by atoms with E-state index in [0.717, 1.165) is 0 Å². The van der Waals surface area contributed by atoms with E-state index in [1.165, 1.54) is 12.3 Å². The van der Waals surface area contributed by atoms with E-state index in [2.05, 4.69) is 9.97 Å². The Morgan fingerprint density at radius 3 is 2.67 bits per heavy atom. The zero-order valence-electron chi connectivity index (χ0n) is 9.51. The lowest BCUT2D eigenvalue weighted by Crippen LogP contribution is -2.35. The zero-order valence-corrected chi connectivity index (χ0v) is 9.51. The molecular formula is C10H15N3O5. The molecule has 0 unspecified atom stereocenters. The van der Waals surface area contributed by atoms with Crippen LogP contribution in [0.15, 0.2) is 12.3 Å². The SMILES string of the molecule is Nc1nccc(OC[C@@H]2O[C@H](CO)[C@@H](O)[C@H]2O)n1. The summed E-state index contributed by atoms with van der Waals surface area (Å²) in [6, 6.07) is 1.51. The average Bonchev–Trinajstić information content (AvgIpc) is 2.64. The van der Waals surface area contributed by atoms with Crippen LogP contribution in [0.4, 0.5) is 5.95 Å². The largest absolute Gasteiger partial charge is 0.475 e. The van der Waals surface area contributed by atoms with E-state index < -0.39 is 24.4 Å². The number of aliphatic hydroxyl groups excluding tert-OH is 3. The van der Waals surface area contributed by atoms with Crippen LogP contribution in [0, 0.1) is 0 Å². The predicted molar refractivity (Wildman–Crippen MR) is 59.7 cm³/mol. The van der Waals surface area contributed by atoms with Gasteiger partial charge < -0.3 is 30.5 Å². The summed E-state index contributed by atoms with van der Waals surface area (Å²) in [4.78, 5) is 7.52. The zero-order chi connectivity index (χ0) is 13.1. The van der Waals surface area contributed by atoms with Crippen molar-refractivity contribution in [3.63, 3.8) is 0 Å². The lowest BCUT2D eigenvalue weighted by molar-refractivity contribution is -0.0360. The monoisotopic (exact) mass is 257 g/mol. The van der Waals surface area contributed by atoms with Gasteiger partial charge in [0.25, 0.3) is 0 Å². The molecule has 0 spiro atoms. The normalized spacial score (nSPS) is 31.5. The average molecular weight is 257 g/mol. The van der Waals surface area contributed by atoms with E-state index in [1.807, 2.05) is 0 Å². The van der Waals surface area contributed by atoms with Gasteiger partial charge in [0, 0.05) is 12.3 Å². The van der Waals surface area contributed by atoms with Crippen molar-refractivity contribution in [1.82, 2.24) is 9.97 Å². The molecular weight excluding hydrogens is 242 g/mol. The van der Waals surface area contributed by atoms with Crippen LogP contribution < -0.4 is 10.5 Å². The second kappa shape index (κ2) is 5.44. The standard InChI is InChI=1S/C10H15N3O5/c11-10-12-2-1-7(13-10)17-4-6-9(16)8(15)5(3-14)18-6/h1-2,5-6,8-9,14-16H,3-4H2,(H2,11,12,13)/t5-,6+,8-,9+/m1/s1. The lowest BCUT2D eigenvalue weighted by Gasteiger charge is -2.14. The molecule has 100 valence electrons. The van der Waals surface area contributed by atoms with Gasteiger partial charge in [-0.05, 0) is 0 Å². The van der Waals surface area contributed by atoms with Crippen molar-refractivity contribution in [2.45, 2.75) is 24.4 Å². The van der Waals surface area contributed by atoms with Crippen molar-refractivity contribution in [3.8, 4) is 5.88 Å². The fourth-order valence-electron chi connectivity index (χ4n) is 1.72. The van der Waals surface area contributed by atoms with Crippen LogP contribution in [0.5, 0.6) is 5.88 Å². The van der Waals surface area contributed by atoms with Crippen molar-refractivity contribution >= 4 is 5.95 Å². The second-order valence-electron chi connectivity index (χ2n) is 3.94. The van der Waals surface area contributed by atoms with E-state index >= 15 is 0 Å². The van der Waals surface area contributed by atoms with Crippen molar-refractivity contribution in [1.29, 1.82) is 0 Å². The highest BCUT2D eigenvalue weighted by molar-refractivity contribution is 5.20. The number of ether oxygens (including phenoxy) is 2. The molecule has 2 rings (SSSR count). The maximum Gasteiger partial charge on any atom is 0.223 e. The summed E-state index contributed by atoms with van der Waals surface area (Å²) in [7, 11) is 0. The van der Waals surface area contributed by atoms with E-state index in [-0.39, 0.29) is 25.0 Å². The quantitative estimate of drug-likeness (QED) is 0.483. The molecule has 0 bridgehead atoms. The summed E-state index contributed by atoms with van der Waals surface area (Å²) in [6.07, 6.45) is -2.33. The van der Waals surface area contributed by atoms with Gasteiger partial charge >= 0.3 is 0 Å². The topological polar surface area (TPSA) is 131 Å². The molecule has 1 aromatic rings. The van der Waals surface area contributed by atoms with Crippen molar-refractivity contribution in [3.05, 3.63) is 12.3 Å². The fourth-order valence-corrected chi connectivity index (χ4v) is 1.72. The van der Waals surface area contributed by atoms with Gasteiger partial charge in [0.1, 0.15) is 31.0 Å². The Bertz CT molecular complexity index is 405. The first-order valence-electron chi connectivity index (χ1n) is 5.45. The highest BCUT2D eigenvalue weighted by Gasteiger charge is 2.42. The van der Waals surface area contributed by atoms with Crippen molar-refractivity contribution in [2.24, 2.45) is 0 Å². The number of rotatable bonds is 4. The minimum Gasteiger partial charge on any atom is -0.475 e. The minimum absolute atomic E-state index is 0.00875. The summed E-state index contributed by atoms with van der Waals surface area (Å²) in [5.74, 6) is 0.328. The third-order valence-electron chi connectivity index (χ3n) is 2.69. The Morgan fingerprint density at radius 2 is 2.06 bits per heavy atom. The molecule has 1 saturated heterocycles. The third-order valence-corrected chi connectivity index (χ3v) is 2.69. The molecule has 1 aliphatic heterocycles. The van der Waals surface area contributed by atoms with Crippen LogP contribution in [0.2, 0.25) is 0 Å². The van der Waals surface area contributed by atoms with E-state index in [4.69, 9.17) is 20.3 Å². The van der Waals surface area contributed by atoms with Gasteiger partial charge in [0.05, 0.1) is 6.61 Å². The van der Waals surface area contributed by atoms with Crippen LogP contribution >= 0.6 is 0 Å². The van der Waals surface area contributed by atoms with Crippen molar-refractivity contribution in [2.75, 3.05) is 18.9 Å². The van der Waals surface area contributed by atoms with Crippen LogP contribution in [0.25, 0.3) is 0 Å². The Morgan fingerprint density at radius 1 is 1.33 bits per heavy atom. The van der Waals surface area contributed by atoms with Gasteiger partial charge in [-0.1, -0.05) is 0 Å². The molecule has 8 heteroatoms. The molecule has 0 amide bonds. The Hall–Kier alpha value is -1.48. The number of nitrogens with zero attached hydrogens (tertiary/aromatic N) is 2. The van der Waals surface area contributed by atoms with Gasteiger partial charge in [-0.15, -0.1) is 0 Å². The Balaban J connectivity index is 1.91. The van der Waals surface area contributed by atoms with Crippen LogP contribution in [-0.2, 0) is 4.74 Å². The number of hydrogen-bond donors (Lipinski definition) is 4. The van der Waals surface area contributed by atoms with Crippen molar-refractivity contribution < 1.29 is 24.8 Å². The summed E-state index contributed by atoms with van der Waals surface area (Å²) < 4.78 is 10.5. The Kier molecular flexibility index (Phi) is 3.92. The summed E-state index contributed by atoms with van der Waals surface area (Å²) in [5, 5.41) is 28.1. The van der Waals surface area contributed by atoms with Gasteiger partial charge in [-0.3, -0.25) is 0 Å². The number of aliphatic hydroxyl groups is 3. The molecule has 0 aromatic carbocycles. The first kappa shape index (κ1) is 13.0. The summed E-state index contributed by atoms with van der Waals surface area (Å²) >= 11 is 0. The molecule has 18 heavy (non-hydrogen) atoms. The fraction of sp³-hybridized carbons (Fsp3) is 0.600. The highest BCUT2D eigenvalue weighted by Crippen LogP contribution is 2.21. The third kappa shape index (κ3) is 2.67. The van der Waals surface area contributed by atoms with Gasteiger partial charge in [-0.25, -0.2) is 4.98 Å². The van der Waals surface area contributed by atoms with Gasteiger partial charge in [-0.2, -0.15) is 4.98 Å². The molecule has 0 radical (unpaired) electrons. The van der Waals surface area contributed by atoms with E-state index in [0.29, 0.717) is 0 Å². The molecule has 0 aliphatic carbocycles. The molecule has 4 atom stereocenters.